The first-order valence-electron chi connectivity index (χ1n) is 5.31. The molecule has 0 aliphatic carbocycles. The molecule has 0 amide bonds. The Morgan fingerprint density at radius 1 is 1.53 bits per heavy atom. The smallest absolute Gasteiger partial charge is 0.124 e. The van der Waals surface area contributed by atoms with Crippen molar-refractivity contribution in [1.29, 1.82) is 0 Å². The van der Waals surface area contributed by atoms with Gasteiger partial charge in [0.2, 0.25) is 0 Å². The molecule has 1 aromatic rings. The summed E-state index contributed by atoms with van der Waals surface area (Å²) in [5.74, 6) is 1.04. The number of fused-ring (bicyclic) bond motifs is 1. The van der Waals surface area contributed by atoms with Crippen molar-refractivity contribution in [3.8, 4) is 5.75 Å². The highest BCUT2D eigenvalue weighted by Crippen LogP contribution is 2.39. The van der Waals surface area contributed by atoms with Crippen molar-refractivity contribution < 1.29 is 4.74 Å². The topological polar surface area (TPSA) is 21.3 Å². The molecule has 0 radical (unpaired) electrons. The maximum atomic E-state index is 5.70. The van der Waals surface area contributed by atoms with Crippen LogP contribution in [-0.2, 0) is 0 Å². The third-order valence-electron chi connectivity index (χ3n) is 2.90. The Labute approximate surface area is 99.1 Å². The fraction of sp³-hybridized carbons (Fsp3) is 0.500. The fourth-order valence-electron chi connectivity index (χ4n) is 2.15. The maximum Gasteiger partial charge on any atom is 0.124 e. The summed E-state index contributed by atoms with van der Waals surface area (Å²) in [7, 11) is 0. The van der Waals surface area contributed by atoms with Crippen LogP contribution in [0.25, 0.3) is 0 Å². The molecular weight excluding hydrogens is 254 g/mol. The van der Waals surface area contributed by atoms with Gasteiger partial charge in [-0.1, -0.05) is 22.9 Å². The number of rotatable bonds is 2. The molecule has 0 spiro atoms. The van der Waals surface area contributed by atoms with E-state index in [0.29, 0.717) is 6.04 Å². The van der Waals surface area contributed by atoms with E-state index in [1.807, 2.05) is 0 Å². The molecule has 1 aromatic carbocycles. The van der Waals surface area contributed by atoms with Gasteiger partial charge in [0, 0.05) is 10.0 Å². The Morgan fingerprint density at radius 2 is 2.27 bits per heavy atom. The molecule has 0 saturated heterocycles. The summed E-state index contributed by atoms with van der Waals surface area (Å²) in [5, 5.41) is 3.44. The van der Waals surface area contributed by atoms with E-state index in [0.717, 1.165) is 18.9 Å². The van der Waals surface area contributed by atoms with Crippen molar-refractivity contribution in [3.63, 3.8) is 0 Å². The van der Waals surface area contributed by atoms with Crippen LogP contribution in [0.2, 0.25) is 0 Å². The molecule has 1 heterocycles. The Morgan fingerprint density at radius 3 is 2.93 bits per heavy atom. The van der Waals surface area contributed by atoms with Crippen molar-refractivity contribution in [2.75, 3.05) is 13.2 Å². The average molecular weight is 270 g/mol. The second kappa shape index (κ2) is 4.14. The van der Waals surface area contributed by atoms with Gasteiger partial charge in [-0.15, -0.1) is 0 Å². The molecule has 0 fully saturated rings. The Hall–Kier alpha value is -0.540. The number of aryl methyl sites for hydroxylation is 1. The predicted molar refractivity (Wildman–Crippen MR) is 65.5 cm³/mol. The minimum absolute atomic E-state index is 0.349. The highest BCUT2D eigenvalue weighted by Gasteiger charge is 2.26. The number of benzene rings is 1. The van der Waals surface area contributed by atoms with Crippen LogP contribution in [0.15, 0.2) is 10.5 Å². The molecule has 1 unspecified atom stereocenters. The summed E-state index contributed by atoms with van der Waals surface area (Å²) in [5.41, 5.74) is 3.85. The summed E-state index contributed by atoms with van der Waals surface area (Å²) >= 11 is 3.63. The fourth-order valence-corrected chi connectivity index (χ4v) is 2.48. The number of likely N-dealkylation sites (N-methyl/N-ethyl adjacent to an activating group) is 1. The van der Waals surface area contributed by atoms with Gasteiger partial charge in [-0.3, -0.25) is 0 Å². The molecule has 0 aromatic heterocycles. The third kappa shape index (κ3) is 1.79. The molecule has 2 nitrogen and oxygen atoms in total. The quantitative estimate of drug-likeness (QED) is 0.891. The first-order chi connectivity index (χ1) is 7.15. The van der Waals surface area contributed by atoms with Gasteiger partial charge in [0.25, 0.3) is 0 Å². The number of hydrogen-bond acceptors (Lipinski definition) is 2. The molecule has 0 saturated carbocycles. The minimum atomic E-state index is 0.349. The number of halogens is 1. The largest absolute Gasteiger partial charge is 0.491 e. The van der Waals surface area contributed by atoms with E-state index in [1.165, 1.54) is 21.2 Å². The highest BCUT2D eigenvalue weighted by atomic mass is 79.9. The second-order valence-electron chi connectivity index (χ2n) is 3.97. The lowest BCUT2D eigenvalue weighted by atomic mass is 10.0. The number of hydrogen-bond donors (Lipinski definition) is 1. The molecular formula is C12H16BrNO. The Bertz CT molecular complexity index is 390. The average Bonchev–Trinajstić information content (AvgIpc) is 2.59. The van der Waals surface area contributed by atoms with Crippen LogP contribution in [0.3, 0.4) is 0 Å². The standard InChI is InChI=1S/C12H16BrNO/c1-4-14-9-6-15-10-5-7(2)12(13)8(3)11(9)10/h5,9,14H,4,6H2,1-3H3. The molecule has 82 valence electrons. The van der Waals surface area contributed by atoms with E-state index < -0.39 is 0 Å². The minimum Gasteiger partial charge on any atom is -0.491 e. The monoisotopic (exact) mass is 269 g/mol. The van der Waals surface area contributed by atoms with Crippen molar-refractivity contribution in [2.45, 2.75) is 26.8 Å². The molecule has 0 bridgehead atoms. The summed E-state index contributed by atoms with van der Waals surface area (Å²) in [4.78, 5) is 0. The molecule has 1 aliphatic heterocycles. The summed E-state index contributed by atoms with van der Waals surface area (Å²) in [6.07, 6.45) is 0. The predicted octanol–water partition coefficient (Wildman–Crippen LogP) is 3.11. The van der Waals surface area contributed by atoms with Crippen LogP contribution in [0.5, 0.6) is 5.75 Å². The molecule has 3 heteroatoms. The van der Waals surface area contributed by atoms with E-state index >= 15 is 0 Å². The zero-order valence-electron chi connectivity index (χ0n) is 9.36. The molecule has 1 atom stereocenters. The van der Waals surface area contributed by atoms with Crippen LogP contribution < -0.4 is 10.1 Å². The lowest BCUT2D eigenvalue weighted by molar-refractivity contribution is 0.313. The second-order valence-corrected chi connectivity index (χ2v) is 4.76. The molecule has 15 heavy (non-hydrogen) atoms. The van der Waals surface area contributed by atoms with Crippen LogP contribution >= 0.6 is 15.9 Å². The Kier molecular flexibility index (Phi) is 3.03. The third-order valence-corrected chi connectivity index (χ3v) is 4.12. The van der Waals surface area contributed by atoms with Crippen molar-refractivity contribution >= 4 is 15.9 Å². The molecule has 1 N–H and O–H groups in total. The maximum absolute atomic E-state index is 5.70. The van der Waals surface area contributed by atoms with Crippen molar-refractivity contribution in [1.82, 2.24) is 5.32 Å². The lowest BCUT2D eigenvalue weighted by Crippen LogP contribution is -2.22. The van der Waals surface area contributed by atoms with Gasteiger partial charge in [0.05, 0.1) is 6.04 Å². The molecule has 2 rings (SSSR count). The van der Waals surface area contributed by atoms with Gasteiger partial charge in [-0.2, -0.15) is 0 Å². The summed E-state index contributed by atoms with van der Waals surface area (Å²) in [6, 6.07) is 2.46. The van der Waals surface area contributed by atoms with E-state index in [-0.39, 0.29) is 0 Å². The summed E-state index contributed by atoms with van der Waals surface area (Å²) < 4.78 is 6.90. The highest BCUT2D eigenvalue weighted by molar-refractivity contribution is 9.10. The lowest BCUT2D eigenvalue weighted by Gasteiger charge is -2.14. The van der Waals surface area contributed by atoms with E-state index in [1.54, 1.807) is 0 Å². The molecule has 1 aliphatic rings. The van der Waals surface area contributed by atoms with Crippen LogP contribution in [0, 0.1) is 13.8 Å². The number of ether oxygens (including phenoxy) is 1. The zero-order chi connectivity index (χ0) is 11.0. The van der Waals surface area contributed by atoms with Gasteiger partial charge in [-0.05, 0) is 37.6 Å². The van der Waals surface area contributed by atoms with Crippen LogP contribution in [0.1, 0.15) is 29.7 Å². The van der Waals surface area contributed by atoms with Gasteiger partial charge in [0.1, 0.15) is 12.4 Å². The van der Waals surface area contributed by atoms with Gasteiger partial charge >= 0.3 is 0 Å². The van der Waals surface area contributed by atoms with E-state index in [2.05, 4.69) is 48.1 Å². The van der Waals surface area contributed by atoms with E-state index in [9.17, 15) is 0 Å². The first-order valence-corrected chi connectivity index (χ1v) is 6.10. The Balaban J connectivity index is 2.48. The van der Waals surface area contributed by atoms with Crippen molar-refractivity contribution in [2.24, 2.45) is 0 Å². The normalized spacial score (nSPS) is 18.8. The van der Waals surface area contributed by atoms with Crippen molar-refractivity contribution in [3.05, 3.63) is 27.2 Å². The van der Waals surface area contributed by atoms with Gasteiger partial charge < -0.3 is 10.1 Å². The van der Waals surface area contributed by atoms with E-state index in [4.69, 9.17) is 4.74 Å². The summed E-state index contributed by atoms with van der Waals surface area (Å²) in [6.45, 7) is 8.09. The van der Waals surface area contributed by atoms with Crippen LogP contribution in [0.4, 0.5) is 0 Å². The number of nitrogens with one attached hydrogen (secondary N) is 1. The van der Waals surface area contributed by atoms with Gasteiger partial charge in [-0.25, -0.2) is 0 Å². The SMILES string of the molecule is CCNC1COc2cc(C)c(Br)c(C)c21. The zero-order valence-corrected chi connectivity index (χ0v) is 10.9. The van der Waals surface area contributed by atoms with Crippen LogP contribution in [-0.4, -0.2) is 13.2 Å². The first kappa shape index (κ1) is 11.0. The van der Waals surface area contributed by atoms with Gasteiger partial charge in [0.15, 0.2) is 0 Å².